The van der Waals surface area contributed by atoms with Crippen molar-refractivity contribution in [3.8, 4) is 5.75 Å². The van der Waals surface area contributed by atoms with E-state index in [1.807, 2.05) is 19.1 Å². The monoisotopic (exact) mass is 229 g/mol. The maximum absolute atomic E-state index is 5.52. The molecule has 0 aliphatic rings. The van der Waals surface area contributed by atoms with Crippen LogP contribution in [0, 0.1) is 6.92 Å². The normalized spacial score (nSPS) is 10.0. The standard InChI is InChI=1S/C9H12BrNO/c1-6-8(10)3-7(5-11)4-9(6)12-2/h3-4H,5,11H2,1-2H3. The van der Waals surface area contributed by atoms with Crippen LogP contribution in [-0.2, 0) is 6.54 Å². The average molecular weight is 230 g/mol. The lowest BCUT2D eigenvalue weighted by molar-refractivity contribution is 0.411. The SMILES string of the molecule is COc1cc(CN)cc(Br)c1C. The fourth-order valence-electron chi connectivity index (χ4n) is 1.04. The van der Waals surface area contributed by atoms with E-state index in [0.29, 0.717) is 6.54 Å². The Morgan fingerprint density at radius 1 is 1.50 bits per heavy atom. The molecule has 0 radical (unpaired) electrons. The van der Waals surface area contributed by atoms with E-state index >= 15 is 0 Å². The molecule has 0 saturated carbocycles. The van der Waals surface area contributed by atoms with Crippen molar-refractivity contribution in [1.29, 1.82) is 0 Å². The van der Waals surface area contributed by atoms with Gasteiger partial charge in [0.2, 0.25) is 0 Å². The third-order valence-corrected chi connectivity index (χ3v) is 2.64. The molecule has 0 fully saturated rings. The number of nitrogens with two attached hydrogens (primary N) is 1. The minimum absolute atomic E-state index is 0.537. The van der Waals surface area contributed by atoms with Crippen molar-refractivity contribution in [2.45, 2.75) is 13.5 Å². The summed E-state index contributed by atoms with van der Waals surface area (Å²) in [7, 11) is 1.66. The molecule has 12 heavy (non-hydrogen) atoms. The molecule has 0 atom stereocenters. The van der Waals surface area contributed by atoms with Crippen LogP contribution >= 0.6 is 15.9 Å². The van der Waals surface area contributed by atoms with Crippen molar-refractivity contribution >= 4 is 15.9 Å². The highest BCUT2D eigenvalue weighted by Crippen LogP contribution is 2.27. The van der Waals surface area contributed by atoms with Crippen molar-refractivity contribution in [2.24, 2.45) is 5.73 Å². The Kier molecular flexibility index (Phi) is 3.12. The lowest BCUT2D eigenvalue weighted by Crippen LogP contribution is -1.98. The van der Waals surface area contributed by atoms with Gasteiger partial charge in [-0.1, -0.05) is 15.9 Å². The van der Waals surface area contributed by atoms with Crippen molar-refractivity contribution in [3.63, 3.8) is 0 Å². The number of ether oxygens (including phenoxy) is 1. The second kappa shape index (κ2) is 3.92. The second-order valence-electron chi connectivity index (χ2n) is 2.61. The zero-order chi connectivity index (χ0) is 9.14. The van der Waals surface area contributed by atoms with Crippen LogP contribution in [0.15, 0.2) is 16.6 Å². The first kappa shape index (κ1) is 9.55. The summed E-state index contributed by atoms with van der Waals surface area (Å²) >= 11 is 3.44. The third-order valence-electron chi connectivity index (χ3n) is 1.81. The van der Waals surface area contributed by atoms with E-state index in [0.717, 1.165) is 21.3 Å². The Balaban J connectivity index is 3.19. The van der Waals surface area contributed by atoms with E-state index < -0.39 is 0 Å². The van der Waals surface area contributed by atoms with Gasteiger partial charge in [-0.3, -0.25) is 0 Å². The lowest BCUT2D eigenvalue weighted by Gasteiger charge is -2.08. The van der Waals surface area contributed by atoms with Gasteiger partial charge in [0.15, 0.2) is 0 Å². The number of rotatable bonds is 2. The molecule has 0 amide bonds. The number of hydrogen-bond acceptors (Lipinski definition) is 2. The first-order valence-corrected chi connectivity index (χ1v) is 4.51. The van der Waals surface area contributed by atoms with Crippen LogP contribution in [0.3, 0.4) is 0 Å². The highest BCUT2D eigenvalue weighted by molar-refractivity contribution is 9.10. The van der Waals surface area contributed by atoms with Gasteiger partial charge in [-0.15, -0.1) is 0 Å². The van der Waals surface area contributed by atoms with Gasteiger partial charge in [-0.2, -0.15) is 0 Å². The van der Waals surface area contributed by atoms with Crippen LogP contribution in [0.5, 0.6) is 5.75 Å². The summed E-state index contributed by atoms with van der Waals surface area (Å²) < 4.78 is 6.23. The highest BCUT2D eigenvalue weighted by Gasteiger charge is 2.03. The summed E-state index contributed by atoms with van der Waals surface area (Å²) in [5.41, 5.74) is 7.70. The number of benzene rings is 1. The minimum Gasteiger partial charge on any atom is -0.496 e. The topological polar surface area (TPSA) is 35.2 Å². The van der Waals surface area contributed by atoms with E-state index in [4.69, 9.17) is 10.5 Å². The molecule has 0 spiro atoms. The van der Waals surface area contributed by atoms with Gasteiger partial charge in [0.25, 0.3) is 0 Å². The molecule has 1 aromatic carbocycles. The molecule has 0 saturated heterocycles. The van der Waals surface area contributed by atoms with Gasteiger partial charge in [0.05, 0.1) is 7.11 Å². The minimum atomic E-state index is 0.537. The van der Waals surface area contributed by atoms with E-state index in [1.165, 1.54) is 0 Å². The van der Waals surface area contributed by atoms with Gasteiger partial charge < -0.3 is 10.5 Å². The summed E-state index contributed by atoms with van der Waals surface area (Å²) in [5.74, 6) is 0.879. The van der Waals surface area contributed by atoms with Crippen LogP contribution in [0.4, 0.5) is 0 Å². The molecule has 66 valence electrons. The number of hydrogen-bond donors (Lipinski definition) is 1. The van der Waals surface area contributed by atoms with Gasteiger partial charge in [-0.25, -0.2) is 0 Å². The van der Waals surface area contributed by atoms with Crippen LogP contribution in [0.2, 0.25) is 0 Å². The van der Waals surface area contributed by atoms with Crippen LogP contribution in [-0.4, -0.2) is 7.11 Å². The number of methoxy groups -OCH3 is 1. The quantitative estimate of drug-likeness (QED) is 0.845. The molecule has 0 aromatic heterocycles. The van der Waals surface area contributed by atoms with Crippen LogP contribution < -0.4 is 10.5 Å². The highest BCUT2D eigenvalue weighted by atomic mass is 79.9. The van der Waals surface area contributed by atoms with Crippen molar-refractivity contribution in [2.75, 3.05) is 7.11 Å². The van der Waals surface area contributed by atoms with Gasteiger partial charge in [0, 0.05) is 16.6 Å². The summed E-state index contributed by atoms with van der Waals surface area (Å²) in [6, 6.07) is 3.97. The first-order chi connectivity index (χ1) is 5.69. The van der Waals surface area contributed by atoms with Gasteiger partial charge in [0.1, 0.15) is 5.75 Å². The Labute approximate surface area is 80.8 Å². The van der Waals surface area contributed by atoms with E-state index in [2.05, 4.69) is 15.9 Å². The summed E-state index contributed by atoms with van der Waals surface area (Å²) in [5, 5.41) is 0. The molecule has 1 aromatic rings. The first-order valence-electron chi connectivity index (χ1n) is 3.72. The lowest BCUT2D eigenvalue weighted by atomic mass is 10.1. The van der Waals surface area contributed by atoms with Crippen molar-refractivity contribution in [3.05, 3.63) is 27.7 Å². The molecule has 0 unspecified atom stereocenters. The third kappa shape index (κ3) is 1.79. The van der Waals surface area contributed by atoms with Gasteiger partial charge in [-0.05, 0) is 24.6 Å². The summed E-state index contributed by atoms with van der Waals surface area (Å²) in [6.07, 6.45) is 0. The largest absolute Gasteiger partial charge is 0.496 e. The molecular weight excluding hydrogens is 218 g/mol. The van der Waals surface area contributed by atoms with E-state index in [9.17, 15) is 0 Å². The molecule has 1 rings (SSSR count). The predicted molar refractivity (Wildman–Crippen MR) is 53.3 cm³/mol. The van der Waals surface area contributed by atoms with Crippen LogP contribution in [0.25, 0.3) is 0 Å². The maximum atomic E-state index is 5.52. The Bertz CT molecular complexity index is 286. The average Bonchev–Trinajstić information content (AvgIpc) is 2.09. The molecule has 0 aliphatic heterocycles. The smallest absolute Gasteiger partial charge is 0.123 e. The van der Waals surface area contributed by atoms with Crippen molar-refractivity contribution in [1.82, 2.24) is 0 Å². The Morgan fingerprint density at radius 2 is 2.17 bits per heavy atom. The summed E-state index contributed by atoms with van der Waals surface area (Å²) in [4.78, 5) is 0. The van der Waals surface area contributed by atoms with Crippen molar-refractivity contribution < 1.29 is 4.74 Å². The molecule has 2 nitrogen and oxygen atoms in total. The van der Waals surface area contributed by atoms with E-state index in [-0.39, 0.29) is 0 Å². The maximum Gasteiger partial charge on any atom is 0.123 e. The number of halogens is 1. The molecular formula is C9H12BrNO. The zero-order valence-electron chi connectivity index (χ0n) is 7.23. The molecule has 0 aliphatic carbocycles. The fourth-order valence-corrected chi connectivity index (χ4v) is 1.53. The summed E-state index contributed by atoms with van der Waals surface area (Å²) in [6.45, 7) is 2.54. The molecule has 3 heteroatoms. The second-order valence-corrected chi connectivity index (χ2v) is 3.46. The predicted octanol–water partition coefficient (Wildman–Crippen LogP) is 2.22. The fraction of sp³-hybridized carbons (Fsp3) is 0.333. The zero-order valence-corrected chi connectivity index (χ0v) is 8.81. The Hall–Kier alpha value is -0.540. The molecule has 0 bridgehead atoms. The van der Waals surface area contributed by atoms with Gasteiger partial charge >= 0.3 is 0 Å². The van der Waals surface area contributed by atoms with Crippen LogP contribution in [0.1, 0.15) is 11.1 Å². The molecule has 2 N–H and O–H groups in total. The molecule has 0 heterocycles. The Morgan fingerprint density at radius 3 is 2.67 bits per heavy atom. The van der Waals surface area contributed by atoms with E-state index in [1.54, 1.807) is 7.11 Å².